The second-order valence-electron chi connectivity index (χ2n) is 2.75. The molecule has 0 aromatic carbocycles. The van der Waals surface area contributed by atoms with Gasteiger partial charge in [0.1, 0.15) is 18.3 Å². The molecule has 2 aliphatic rings. The van der Waals surface area contributed by atoms with E-state index in [9.17, 15) is 0 Å². The molecule has 1 aliphatic heterocycles. The van der Waals surface area contributed by atoms with E-state index in [0.29, 0.717) is 18.3 Å². The first-order valence-electron chi connectivity index (χ1n) is 3.70. The van der Waals surface area contributed by atoms with Gasteiger partial charge in [-0.05, 0) is 6.42 Å². The highest BCUT2D eigenvalue weighted by atomic mass is 16.7. The first-order valence-corrected chi connectivity index (χ1v) is 3.70. The molecule has 1 aliphatic carbocycles. The summed E-state index contributed by atoms with van der Waals surface area (Å²) in [7, 11) is 0. The lowest BCUT2D eigenvalue weighted by Gasteiger charge is -2.03. The van der Waals surface area contributed by atoms with Crippen molar-refractivity contribution in [1.29, 1.82) is 0 Å². The van der Waals surface area contributed by atoms with Crippen LogP contribution in [0.15, 0.2) is 0 Å². The van der Waals surface area contributed by atoms with Crippen molar-refractivity contribution in [2.45, 2.75) is 38.1 Å². The third kappa shape index (κ3) is 0.970. The Kier molecular flexibility index (Phi) is 1.24. The van der Waals surface area contributed by atoms with Crippen molar-refractivity contribution >= 4 is 0 Å². The van der Waals surface area contributed by atoms with Gasteiger partial charge in [-0.1, -0.05) is 13.3 Å². The maximum Gasteiger partial charge on any atom is 0.116 e. The molecular weight excluding hydrogens is 116 g/mol. The van der Waals surface area contributed by atoms with Crippen LogP contribution in [0.5, 0.6) is 0 Å². The van der Waals surface area contributed by atoms with Crippen LogP contribution in [0.4, 0.5) is 0 Å². The number of epoxide rings is 1. The van der Waals surface area contributed by atoms with E-state index in [1.807, 2.05) is 0 Å². The van der Waals surface area contributed by atoms with Gasteiger partial charge in [-0.25, -0.2) is 0 Å². The smallest absolute Gasteiger partial charge is 0.116 e. The number of fused-ring (bicyclic) bond motifs is 1. The lowest BCUT2D eigenvalue weighted by Crippen LogP contribution is -2.08. The number of hydrogen-bond donors (Lipinski definition) is 0. The maximum atomic E-state index is 5.43. The van der Waals surface area contributed by atoms with Crippen LogP contribution >= 0.6 is 0 Å². The summed E-state index contributed by atoms with van der Waals surface area (Å²) < 4.78 is 10.5. The topological polar surface area (TPSA) is 21.8 Å². The molecular formula is C7H12O2. The van der Waals surface area contributed by atoms with Crippen LogP contribution in [-0.2, 0) is 9.47 Å². The Morgan fingerprint density at radius 3 is 2.67 bits per heavy atom. The molecule has 9 heavy (non-hydrogen) atoms. The van der Waals surface area contributed by atoms with Gasteiger partial charge in [-0.15, -0.1) is 0 Å². The molecule has 0 amide bonds. The maximum absolute atomic E-state index is 5.43. The highest BCUT2D eigenvalue weighted by Gasteiger charge is 2.69. The molecule has 0 aromatic rings. The van der Waals surface area contributed by atoms with Crippen molar-refractivity contribution in [3.05, 3.63) is 0 Å². The molecule has 1 saturated carbocycles. The van der Waals surface area contributed by atoms with E-state index in [1.165, 1.54) is 12.8 Å². The molecule has 1 saturated heterocycles. The van der Waals surface area contributed by atoms with Gasteiger partial charge in [0, 0.05) is 6.61 Å². The number of hydrogen-bond acceptors (Lipinski definition) is 2. The first kappa shape index (κ1) is 5.69. The summed E-state index contributed by atoms with van der Waals surface area (Å²) in [5.41, 5.74) is 0. The lowest BCUT2D eigenvalue weighted by atomic mass is 10.4. The minimum Gasteiger partial charge on any atom is -0.373 e. The van der Waals surface area contributed by atoms with Crippen LogP contribution in [0.2, 0.25) is 0 Å². The van der Waals surface area contributed by atoms with Crippen LogP contribution in [0.1, 0.15) is 19.8 Å². The highest BCUT2D eigenvalue weighted by Crippen LogP contribution is 2.49. The predicted octanol–water partition coefficient (Wildman–Crippen LogP) is 0.953. The SMILES string of the molecule is CCCCOC1C2O[C@H]12. The van der Waals surface area contributed by atoms with Gasteiger partial charge in [0.05, 0.1) is 0 Å². The highest BCUT2D eigenvalue weighted by molar-refractivity contribution is 5.16. The Labute approximate surface area is 55.1 Å². The van der Waals surface area contributed by atoms with E-state index >= 15 is 0 Å². The molecule has 52 valence electrons. The summed E-state index contributed by atoms with van der Waals surface area (Å²) in [6.45, 7) is 3.10. The zero-order valence-corrected chi connectivity index (χ0v) is 5.67. The molecule has 1 heterocycles. The average Bonchev–Trinajstić information content (AvgIpc) is 2.64. The second-order valence-corrected chi connectivity index (χ2v) is 2.75. The Balaban J connectivity index is 1.49. The van der Waals surface area contributed by atoms with Crippen LogP contribution in [-0.4, -0.2) is 24.9 Å². The second kappa shape index (κ2) is 1.96. The molecule has 2 fully saturated rings. The molecule has 0 bridgehead atoms. The largest absolute Gasteiger partial charge is 0.373 e. The standard InChI is InChI=1S/C7H12O2/c1-2-3-4-8-5-6-7(5)9-6/h5-7H,2-4H2,1H3/t5?,6-,7?/m1/s1. The Bertz CT molecular complexity index is 105. The summed E-state index contributed by atoms with van der Waals surface area (Å²) in [5, 5.41) is 0. The Morgan fingerprint density at radius 1 is 1.44 bits per heavy atom. The average molecular weight is 128 g/mol. The van der Waals surface area contributed by atoms with E-state index in [1.54, 1.807) is 0 Å². The molecule has 2 rings (SSSR count). The van der Waals surface area contributed by atoms with E-state index in [2.05, 4.69) is 6.92 Å². The van der Waals surface area contributed by atoms with Gasteiger partial charge >= 0.3 is 0 Å². The van der Waals surface area contributed by atoms with Crippen molar-refractivity contribution in [2.75, 3.05) is 6.61 Å². The molecule has 2 heteroatoms. The molecule has 2 unspecified atom stereocenters. The number of rotatable bonds is 4. The normalized spacial score (nSPS) is 44.3. The third-order valence-corrected chi connectivity index (χ3v) is 1.88. The summed E-state index contributed by atoms with van der Waals surface area (Å²) in [4.78, 5) is 0. The van der Waals surface area contributed by atoms with E-state index in [-0.39, 0.29) is 0 Å². The summed E-state index contributed by atoms with van der Waals surface area (Å²) >= 11 is 0. The fourth-order valence-corrected chi connectivity index (χ4v) is 0.987. The minimum atomic E-state index is 0.497. The number of ether oxygens (including phenoxy) is 2. The van der Waals surface area contributed by atoms with Crippen LogP contribution in [0.25, 0.3) is 0 Å². The fourth-order valence-electron chi connectivity index (χ4n) is 0.987. The van der Waals surface area contributed by atoms with Gasteiger partial charge < -0.3 is 9.47 Å². The van der Waals surface area contributed by atoms with Crippen LogP contribution in [0, 0.1) is 0 Å². The molecule has 0 N–H and O–H groups in total. The lowest BCUT2D eigenvalue weighted by molar-refractivity contribution is 0.0207. The number of unbranched alkanes of at least 4 members (excludes halogenated alkanes) is 1. The summed E-state index contributed by atoms with van der Waals surface area (Å²) in [6, 6.07) is 0. The van der Waals surface area contributed by atoms with Gasteiger partial charge in [-0.3, -0.25) is 0 Å². The van der Waals surface area contributed by atoms with Crippen molar-refractivity contribution < 1.29 is 9.47 Å². The van der Waals surface area contributed by atoms with Gasteiger partial charge in [-0.2, -0.15) is 0 Å². The van der Waals surface area contributed by atoms with E-state index in [0.717, 1.165) is 6.61 Å². The summed E-state index contributed by atoms with van der Waals surface area (Å²) in [6.07, 6.45) is 3.94. The van der Waals surface area contributed by atoms with Gasteiger partial charge in [0.2, 0.25) is 0 Å². The molecule has 3 atom stereocenters. The molecule has 0 radical (unpaired) electrons. The van der Waals surface area contributed by atoms with Gasteiger partial charge in [0.15, 0.2) is 0 Å². The van der Waals surface area contributed by atoms with Gasteiger partial charge in [0.25, 0.3) is 0 Å². The minimum absolute atomic E-state index is 0.497. The van der Waals surface area contributed by atoms with Crippen molar-refractivity contribution in [3.63, 3.8) is 0 Å². The van der Waals surface area contributed by atoms with Crippen molar-refractivity contribution in [2.24, 2.45) is 0 Å². The Morgan fingerprint density at radius 2 is 2.22 bits per heavy atom. The fraction of sp³-hybridized carbons (Fsp3) is 1.00. The first-order chi connectivity index (χ1) is 4.43. The van der Waals surface area contributed by atoms with Crippen molar-refractivity contribution in [1.82, 2.24) is 0 Å². The predicted molar refractivity (Wildman–Crippen MR) is 33.3 cm³/mol. The van der Waals surface area contributed by atoms with Crippen molar-refractivity contribution in [3.8, 4) is 0 Å². The summed E-state index contributed by atoms with van der Waals surface area (Å²) in [5.74, 6) is 0. The van der Waals surface area contributed by atoms with E-state index in [4.69, 9.17) is 9.47 Å². The monoisotopic (exact) mass is 128 g/mol. The Hall–Kier alpha value is -0.0800. The van der Waals surface area contributed by atoms with E-state index < -0.39 is 0 Å². The van der Waals surface area contributed by atoms with Crippen LogP contribution in [0.3, 0.4) is 0 Å². The molecule has 2 nitrogen and oxygen atoms in total. The zero-order chi connectivity index (χ0) is 6.27. The van der Waals surface area contributed by atoms with Crippen LogP contribution < -0.4 is 0 Å². The zero-order valence-electron chi connectivity index (χ0n) is 5.67. The third-order valence-electron chi connectivity index (χ3n) is 1.88. The quantitative estimate of drug-likeness (QED) is 0.415. The molecule has 0 spiro atoms. The molecule has 0 aromatic heterocycles.